The van der Waals surface area contributed by atoms with Crippen LogP contribution in [0.5, 0.6) is 11.5 Å². The molecule has 140 valence electrons. The van der Waals surface area contributed by atoms with Gasteiger partial charge in [0.25, 0.3) is 0 Å². The second kappa shape index (κ2) is 7.94. The molecule has 0 unspecified atom stereocenters. The molecule has 0 fully saturated rings. The Kier molecular flexibility index (Phi) is 5.44. The Hall–Kier alpha value is -3.29. The van der Waals surface area contributed by atoms with Gasteiger partial charge in [-0.15, -0.1) is 0 Å². The van der Waals surface area contributed by atoms with E-state index in [1.165, 1.54) is 24.5 Å². The first-order chi connectivity index (χ1) is 12.9. The Balaban J connectivity index is 1.69. The van der Waals surface area contributed by atoms with E-state index in [0.29, 0.717) is 17.0 Å². The number of nitrogens with zero attached hydrogens (tertiary/aromatic N) is 2. The SMILES string of the molecule is Cc1cccnc1CC(=O)Cc1coc(-c2ccc(OC(F)F)c(O)c2)n1. The number of aryl methyl sites for hydroxylation is 1. The van der Waals surface area contributed by atoms with Crippen LogP contribution in [0, 0.1) is 6.92 Å². The highest BCUT2D eigenvalue weighted by atomic mass is 19.3. The van der Waals surface area contributed by atoms with Crippen LogP contribution in [0.1, 0.15) is 17.0 Å². The lowest BCUT2D eigenvalue weighted by molar-refractivity contribution is -0.117. The van der Waals surface area contributed by atoms with Gasteiger partial charge in [0.05, 0.1) is 17.8 Å². The number of benzene rings is 1. The van der Waals surface area contributed by atoms with Crippen LogP contribution in [0.3, 0.4) is 0 Å². The van der Waals surface area contributed by atoms with E-state index in [2.05, 4.69) is 14.7 Å². The smallest absolute Gasteiger partial charge is 0.387 e. The molecule has 27 heavy (non-hydrogen) atoms. The normalized spacial score (nSPS) is 11.0. The molecule has 0 aliphatic heterocycles. The van der Waals surface area contributed by atoms with Crippen molar-refractivity contribution in [3.63, 3.8) is 0 Å². The highest BCUT2D eigenvalue weighted by Crippen LogP contribution is 2.32. The fourth-order valence-corrected chi connectivity index (χ4v) is 2.52. The van der Waals surface area contributed by atoms with Gasteiger partial charge < -0.3 is 14.3 Å². The number of aromatic nitrogens is 2. The summed E-state index contributed by atoms with van der Waals surface area (Å²) in [6, 6.07) is 7.51. The van der Waals surface area contributed by atoms with Crippen molar-refractivity contribution in [2.45, 2.75) is 26.4 Å². The first-order valence-corrected chi connectivity index (χ1v) is 8.07. The molecule has 6 nitrogen and oxygen atoms in total. The van der Waals surface area contributed by atoms with Gasteiger partial charge >= 0.3 is 6.61 Å². The van der Waals surface area contributed by atoms with Crippen LogP contribution in [0.25, 0.3) is 11.5 Å². The number of hydrogen-bond donors (Lipinski definition) is 1. The van der Waals surface area contributed by atoms with Crippen LogP contribution in [-0.2, 0) is 17.6 Å². The Morgan fingerprint density at radius 2 is 2.11 bits per heavy atom. The molecule has 0 aliphatic rings. The zero-order chi connectivity index (χ0) is 19.4. The van der Waals surface area contributed by atoms with Crippen molar-refractivity contribution < 1.29 is 27.8 Å². The summed E-state index contributed by atoms with van der Waals surface area (Å²) in [6.45, 7) is -1.15. The van der Waals surface area contributed by atoms with Crippen LogP contribution in [0.15, 0.2) is 47.2 Å². The largest absolute Gasteiger partial charge is 0.504 e. The van der Waals surface area contributed by atoms with Gasteiger partial charge in [0, 0.05) is 18.2 Å². The third-order valence-corrected chi connectivity index (χ3v) is 3.83. The fraction of sp³-hybridized carbons (Fsp3) is 0.211. The molecule has 3 rings (SSSR count). The third-order valence-electron chi connectivity index (χ3n) is 3.83. The molecule has 1 aromatic carbocycles. The molecule has 8 heteroatoms. The lowest BCUT2D eigenvalue weighted by Gasteiger charge is -2.06. The van der Waals surface area contributed by atoms with Crippen LogP contribution >= 0.6 is 0 Å². The zero-order valence-corrected chi connectivity index (χ0v) is 14.4. The van der Waals surface area contributed by atoms with Gasteiger partial charge in [0.2, 0.25) is 5.89 Å². The number of aromatic hydroxyl groups is 1. The molecular weight excluding hydrogens is 358 g/mol. The third kappa shape index (κ3) is 4.66. The number of rotatable bonds is 7. The quantitative estimate of drug-likeness (QED) is 0.679. The number of carbonyl (C=O) groups excluding carboxylic acids is 1. The van der Waals surface area contributed by atoms with Crippen molar-refractivity contribution in [3.8, 4) is 23.0 Å². The Labute approximate surface area is 153 Å². The van der Waals surface area contributed by atoms with Gasteiger partial charge in [-0.25, -0.2) is 4.98 Å². The Morgan fingerprint density at radius 3 is 2.81 bits per heavy atom. The number of halogens is 2. The standard InChI is InChI=1S/C19H16F2N2O4/c1-11-3-2-6-22-15(11)9-14(24)8-13-10-26-18(23-13)12-4-5-17(16(25)7-12)27-19(20)21/h2-7,10,19,25H,8-9H2,1H3. The van der Waals surface area contributed by atoms with Crippen LogP contribution in [-0.4, -0.2) is 27.5 Å². The van der Waals surface area contributed by atoms with Crippen molar-refractivity contribution in [1.82, 2.24) is 9.97 Å². The van der Waals surface area contributed by atoms with Crippen molar-refractivity contribution in [1.29, 1.82) is 0 Å². The number of ketones is 1. The lowest BCUT2D eigenvalue weighted by atomic mass is 10.1. The molecule has 0 bridgehead atoms. The molecule has 0 amide bonds. The highest BCUT2D eigenvalue weighted by Gasteiger charge is 2.15. The molecule has 0 saturated heterocycles. The van der Waals surface area contributed by atoms with E-state index >= 15 is 0 Å². The Morgan fingerprint density at radius 1 is 1.30 bits per heavy atom. The minimum Gasteiger partial charge on any atom is -0.504 e. The number of Topliss-reactive ketones (excluding diaryl/α,β-unsaturated/α-hetero) is 1. The highest BCUT2D eigenvalue weighted by molar-refractivity contribution is 5.82. The molecule has 0 saturated carbocycles. The molecule has 1 N–H and O–H groups in total. The topological polar surface area (TPSA) is 85.5 Å². The summed E-state index contributed by atoms with van der Waals surface area (Å²) in [7, 11) is 0. The first kappa shape index (κ1) is 18.5. The van der Waals surface area contributed by atoms with Gasteiger partial charge in [0.15, 0.2) is 11.5 Å². The molecule has 0 radical (unpaired) electrons. The fourth-order valence-electron chi connectivity index (χ4n) is 2.52. The maximum atomic E-state index is 12.2. The summed E-state index contributed by atoms with van der Waals surface area (Å²) in [5.74, 6) is -0.721. The summed E-state index contributed by atoms with van der Waals surface area (Å²) in [5.41, 5.74) is 2.45. The predicted molar refractivity (Wildman–Crippen MR) is 91.6 cm³/mol. The molecular formula is C19H16F2N2O4. The van der Waals surface area contributed by atoms with Crippen LogP contribution in [0.4, 0.5) is 8.78 Å². The maximum absolute atomic E-state index is 12.2. The van der Waals surface area contributed by atoms with E-state index in [9.17, 15) is 18.7 Å². The number of phenolic OH excluding ortho intramolecular Hbond substituents is 1. The van der Waals surface area contributed by atoms with Crippen molar-refractivity contribution in [3.05, 3.63) is 59.7 Å². The van der Waals surface area contributed by atoms with Gasteiger partial charge in [-0.1, -0.05) is 6.07 Å². The number of alkyl halides is 2. The molecule has 3 aromatic rings. The summed E-state index contributed by atoms with van der Waals surface area (Å²) in [4.78, 5) is 20.6. The van der Waals surface area contributed by atoms with Gasteiger partial charge in [-0.05, 0) is 36.8 Å². The van der Waals surface area contributed by atoms with E-state index in [1.54, 1.807) is 12.3 Å². The second-order valence-corrected chi connectivity index (χ2v) is 5.86. The number of hydrogen-bond acceptors (Lipinski definition) is 6. The monoisotopic (exact) mass is 374 g/mol. The summed E-state index contributed by atoms with van der Waals surface area (Å²) >= 11 is 0. The average Bonchev–Trinajstić information content (AvgIpc) is 3.07. The zero-order valence-electron chi connectivity index (χ0n) is 14.4. The summed E-state index contributed by atoms with van der Waals surface area (Å²) < 4.78 is 34.0. The lowest BCUT2D eigenvalue weighted by Crippen LogP contribution is -2.09. The van der Waals surface area contributed by atoms with Gasteiger partial charge in [-0.3, -0.25) is 9.78 Å². The van der Waals surface area contributed by atoms with E-state index in [1.807, 2.05) is 13.0 Å². The first-order valence-electron chi connectivity index (χ1n) is 8.07. The van der Waals surface area contributed by atoms with Crippen molar-refractivity contribution in [2.75, 3.05) is 0 Å². The Bertz CT molecular complexity index is 956. The molecule has 2 heterocycles. The van der Waals surface area contributed by atoms with Crippen molar-refractivity contribution >= 4 is 5.78 Å². The predicted octanol–water partition coefficient (Wildman–Crippen LogP) is 3.71. The van der Waals surface area contributed by atoms with E-state index in [0.717, 1.165) is 5.56 Å². The van der Waals surface area contributed by atoms with Crippen LogP contribution < -0.4 is 4.74 Å². The van der Waals surface area contributed by atoms with E-state index in [-0.39, 0.29) is 30.3 Å². The minimum absolute atomic E-state index is 0.0675. The number of ether oxygens (including phenoxy) is 1. The summed E-state index contributed by atoms with van der Waals surface area (Å²) in [6.07, 6.45) is 3.24. The second-order valence-electron chi connectivity index (χ2n) is 5.86. The molecule has 0 aliphatic carbocycles. The number of carbonyl (C=O) groups is 1. The molecule has 0 spiro atoms. The summed E-state index contributed by atoms with van der Waals surface area (Å²) in [5, 5.41) is 9.76. The van der Waals surface area contributed by atoms with Gasteiger partial charge in [0.1, 0.15) is 12.0 Å². The maximum Gasteiger partial charge on any atom is 0.387 e. The average molecular weight is 374 g/mol. The number of oxazole rings is 1. The van der Waals surface area contributed by atoms with E-state index in [4.69, 9.17) is 4.42 Å². The molecule has 2 aromatic heterocycles. The number of pyridine rings is 1. The minimum atomic E-state index is -3.04. The molecule has 0 atom stereocenters. The van der Waals surface area contributed by atoms with Crippen molar-refractivity contribution in [2.24, 2.45) is 0 Å². The van der Waals surface area contributed by atoms with Crippen LogP contribution in [0.2, 0.25) is 0 Å². The van der Waals surface area contributed by atoms with Gasteiger partial charge in [-0.2, -0.15) is 8.78 Å². The van der Waals surface area contributed by atoms with E-state index < -0.39 is 12.4 Å². The number of phenols is 1.